The van der Waals surface area contributed by atoms with E-state index in [9.17, 15) is 14.7 Å². The molecule has 1 aromatic carbocycles. The topological polar surface area (TPSA) is 69.6 Å². The van der Waals surface area contributed by atoms with E-state index in [2.05, 4.69) is 5.32 Å². The first-order chi connectivity index (χ1) is 9.49. The SMILES string of the molecule is CCCN(CCC)C(=O)Nc1ccc(I)cc1C(=O)O. The molecule has 0 saturated carbocycles. The first-order valence-electron chi connectivity index (χ1n) is 6.58. The lowest BCUT2D eigenvalue weighted by Crippen LogP contribution is -2.36. The molecule has 0 unspecified atom stereocenters. The Morgan fingerprint density at radius 1 is 1.25 bits per heavy atom. The van der Waals surface area contributed by atoms with Crippen LogP contribution in [0.15, 0.2) is 18.2 Å². The van der Waals surface area contributed by atoms with E-state index >= 15 is 0 Å². The van der Waals surface area contributed by atoms with Crippen molar-refractivity contribution in [1.82, 2.24) is 4.90 Å². The number of urea groups is 1. The fraction of sp³-hybridized carbons (Fsp3) is 0.429. The third-order valence-corrected chi connectivity index (χ3v) is 3.40. The summed E-state index contributed by atoms with van der Waals surface area (Å²) in [5, 5.41) is 11.9. The zero-order valence-electron chi connectivity index (χ0n) is 11.6. The van der Waals surface area contributed by atoms with Crippen LogP contribution in [0.4, 0.5) is 10.5 Å². The lowest BCUT2D eigenvalue weighted by atomic mass is 10.2. The van der Waals surface area contributed by atoms with Crippen molar-refractivity contribution in [3.05, 3.63) is 27.3 Å². The lowest BCUT2D eigenvalue weighted by Gasteiger charge is -2.22. The van der Waals surface area contributed by atoms with E-state index in [0.717, 1.165) is 16.4 Å². The number of anilines is 1. The molecule has 0 radical (unpaired) electrons. The molecule has 0 heterocycles. The maximum absolute atomic E-state index is 12.2. The third kappa shape index (κ3) is 4.66. The number of nitrogens with one attached hydrogen (secondary N) is 1. The first kappa shape index (κ1) is 16.7. The molecule has 6 heteroatoms. The molecule has 2 amide bonds. The Morgan fingerprint density at radius 3 is 2.35 bits per heavy atom. The van der Waals surface area contributed by atoms with E-state index in [1.54, 1.807) is 23.1 Å². The van der Waals surface area contributed by atoms with Gasteiger partial charge in [-0.25, -0.2) is 9.59 Å². The van der Waals surface area contributed by atoms with Crippen molar-refractivity contribution < 1.29 is 14.7 Å². The molecule has 0 fully saturated rings. The summed E-state index contributed by atoms with van der Waals surface area (Å²) in [6.07, 6.45) is 1.73. The molecule has 110 valence electrons. The number of benzene rings is 1. The van der Waals surface area contributed by atoms with Gasteiger partial charge in [0.15, 0.2) is 0 Å². The summed E-state index contributed by atoms with van der Waals surface area (Å²) in [4.78, 5) is 25.1. The van der Waals surface area contributed by atoms with Crippen LogP contribution < -0.4 is 5.32 Å². The van der Waals surface area contributed by atoms with Gasteiger partial charge in [0.05, 0.1) is 11.3 Å². The van der Waals surface area contributed by atoms with Crippen molar-refractivity contribution in [3.63, 3.8) is 0 Å². The predicted octanol–water partition coefficient (Wildman–Crippen LogP) is 3.64. The molecule has 0 aliphatic rings. The summed E-state index contributed by atoms with van der Waals surface area (Å²) in [5.74, 6) is -1.05. The van der Waals surface area contributed by atoms with Crippen molar-refractivity contribution >= 4 is 40.3 Å². The van der Waals surface area contributed by atoms with Gasteiger partial charge >= 0.3 is 12.0 Å². The van der Waals surface area contributed by atoms with E-state index in [4.69, 9.17) is 0 Å². The highest BCUT2D eigenvalue weighted by Gasteiger charge is 2.16. The molecule has 0 aromatic heterocycles. The van der Waals surface area contributed by atoms with Crippen molar-refractivity contribution in [3.8, 4) is 0 Å². The van der Waals surface area contributed by atoms with Crippen molar-refractivity contribution in [2.24, 2.45) is 0 Å². The Bertz CT molecular complexity index is 485. The van der Waals surface area contributed by atoms with Crippen molar-refractivity contribution in [1.29, 1.82) is 0 Å². The maximum Gasteiger partial charge on any atom is 0.337 e. The molecule has 0 atom stereocenters. The maximum atomic E-state index is 12.2. The molecular formula is C14H19IN2O3. The van der Waals surface area contributed by atoms with Crippen LogP contribution in [-0.4, -0.2) is 35.1 Å². The van der Waals surface area contributed by atoms with Gasteiger partial charge in [-0.15, -0.1) is 0 Å². The van der Waals surface area contributed by atoms with Gasteiger partial charge in [0.1, 0.15) is 0 Å². The molecule has 0 saturated heterocycles. The van der Waals surface area contributed by atoms with Crippen LogP contribution in [0.1, 0.15) is 37.0 Å². The van der Waals surface area contributed by atoms with Crippen LogP contribution in [0.2, 0.25) is 0 Å². The average molecular weight is 390 g/mol. The number of carboxylic acid groups (broad SMARTS) is 1. The summed E-state index contributed by atoms with van der Waals surface area (Å²) >= 11 is 2.04. The first-order valence-corrected chi connectivity index (χ1v) is 7.66. The molecule has 1 rings (SSSR count). The molecule has 1 aromatic rings. The Balaban J connectivity index is 2.91. The highest BCUT2D eigenvalue weighted by molar-refractivity contribution is 14.1. The minimum absolute atomic E-state index is 0.109. The number of aromatic carboxylic acids is 1. The Hall–Kier alpha value is -1.31. The molecule has 2 N–H and O–H groups in total. The summed E-state index contributed by atoms with van der Waals surface area (Å²) in [7, 11) is 0. The number of nitrogens with zero attached hydrogens (tertiary/aromatic N) is 1. The average Bonchev–Trinajstić information content (AvgIpc) is 2.40. The van der Waals surface area contributed by atoms with Gasteiger partial charge < -0.3 is 15.3 Å². The molecule has 0 bridgehead atoms. The molecule has 5 nitrogen and oxygen atoms in total. The number of carbonyl (C=O) groups excluding carboxylic acids is 1. The zero-order chi connectivity index (χ0) is 15.1. The number of halogens is 1. The Morgan fingerprint density at radius 2 is 1.85 bits per heavy atom. The molecule has 0 spiro atoms. The molecular weight excluding hydrogens is 371 g/mol. The second-order valence-electron chi connectivity index (χ2n) is 4.41. The van der Waals surface area contributed by atoms with Crippen molar-refractivity contribution in [2.75, 3.05) is 18.4 Å². The highest BCUT2D eigenvalue weighted by Crippen LogP contribution is 2.19. The number of hydrogen-bond donors (Lipinski definition) is 2. The van der Waals surface area contributed by atoms with Gasteiger partial charge in [-0.3, -0.25) is 0 Å². The van der Waals surface area contributed by atoms with Gasteiger partial charge in [0.2, 0.25) is 0 Å². The summed E-state index contributed by atoms with van der Waals surface area (Å²) < 4.78 is 0.817. The highest BCUT2D eigenvalue weighted by atomic mass is 127. The largest absolute Gasteiger partial charge is 0.478 e. The van der Waals surface area contributed by atoms with Gasteiger partial charge in [0.25, 0.3) is 0 Å². The van der Waals surface area contributed by atoms with E-state index in [1.807, 2.05) is 36.4 Å². The molecule has 0 aliphatic heterocycles. The van der Waals surface area contributed by atoms with Crippen LogP contribution in [0.5, 0.6) is 0 Å². The second kappa shape index (κ2) is 8.08. The minimum Gasteiger partial charge on any atom is -0.478 e. The third-order valence-electron chi connectivity index (χ3n) is 2.73. The Kier molecular flexibility index (Phi) is 6.77. The normalized spacial score (nSPS) is 10.2. The number of carboxylic acids is 1. The fourth-order valence-corrected chi connectivity index (χ4v) is 2.34. The van der Waals surface area contributed by atoms with Gasteiger partial charge in [0, 0.05) is 16.7 Å². The van der Waals surface area contributed by atoms with E-state index in [0.29, 0.717) is 18.8 Å². The Labute approximate surface area is 132 Å². The minimum atomic E-state index is -1.05. The van der Waals surface area contributed by atoms with Crippen LogP contribution in [0, 0.1) is 3.57 Å². The predicted molar refractivity (Wildman–Crippen MR) is 87.3 cm³/mol. The lowest BCUT2D eigenvalue weighted by molar-refractivity contribution is 0.0698. The van der Waals surface area contributed by atoms with Crippen LogP contribution in [0.25, 0.3) is 0 Å². The zero-order valence-corrected chi connectivity index (χ0v) is 13.8. The summed E-state index contributed by atoms with van der Waals surface area (Å²) in [5.41, 5.74) is 0.443. The van der Waals surface area contributed by atoms with E-state index in [1.165, 1.54) is 0 Å². The number of hydrogen-bond acceptors (Lipinski definition) is 2. The second-order valence-corrected chi connectivity index (χ2v) is 5.66. The van der Waals surface area contributed by atoms with Crippen LogP contribution in [0.3, 0.4) is 0 Å². The number of rotatable bonds is 6. The van der Waals surface area contributed by atoms with E-state index in [-0.39, 0.29) is 11.6 Å². The fourth-order valence-electron chi connectivity index (χ4n) is 1.85. The van der Waals surface area contributed by atoms with Gasteiger partial charge in [-0.1, -0.05) is 13.8 Å². The molecule has 0 aliphatic carbocycles. The van der Waals surface area contributed by atoms with Crippen molar-refractivity contribution in [2.45, 2.75) is 26.7 Å². The van der Waals surface area contributed by atoms with Gasteiger partial charge in [-0.05, 0) is 53.6 Å². The monoisotopic (exact) mass is 390 g/mol. The van der Waals surface area contributed by atoms with Gasteiger partial charge in [-0.2, -0.15) is 0 Å². The summed E-state index contributed by atoms with van der Waals surface area (Å²) in [6, 6.07) is 4.69. The number of carbonyl (C=O) groups is 2. The standard InChI is InChI=1S/C14H19IN2O3/c1-3-7-17(8-4-2)14(20)16-12-6-5-10(15)9-11(12)13(18)19/h5-6,9H,3-4,7-8H2,1-2H3,(H,16,20)(H,18,19). The van der Waals surface area contributed by atoms with E-state index < -0.39 is 5.97 Å². The smallest absolute Gasteiger partial charge is 0.337 e. The molecule has 20 heavy (non-hydrogen) atoms. The number of amides is 2. The van der Waals surface area contributed by atoms with Crippen LogP contribution in [-0.2, 0) is 0 Å². The summed E-state index contributed by atoms with van der Waals surface area (Å²) in [6.45, 7) is 5.33. The van der Waals surface area contributed by atoms with Crippen LogP contribution >= 0.6 is 22.6 Å². The quantitative estimate of drug-likeness (QED) is 0.729.